The molecule has 8 heteroatoms. The summed E-state index contributed by atoms with van der Waals surface area (Å²) in [7, 11) is 1.77. The van der Waals surface area contributed by atoms with Gasteiger partial charge in [0.15, 0.2) is 0 Å². The molecule has 0 fully saturated rings. The third-order valence-electron chi connectivity index (χ3n) is 3.98. The number of anilines is 1. The monoisotopic (exact) mass is 351 g/mol. The molecule has 1 aromatic heterocycles. The Labute approximate surface area is 149 Å². The normalized spacial score (nSPS) is 11.0. The van der Waals surface area contributed by atoms with Crippen LogP contribution in [0.15, 0.2) is 64.5 Å². The van der Waals surface area contributed by atoms with E-state index in [1.807, 2.05) is 30.3 Å². The Hall–Kier alpha value is -3.68. The molecule has 1 N–H and O–H groups in total. The lowest BCUT2D eigenvalue weighted by atomic mass is 10.3. The minimum Gasteiger partial charge on any atom is -0.279 e. The van der Waals surface area contributed by atoms with E-state index in [1.54, 1.807) is 35.5 Å². The van der Waals surface area contributed by atoms with Gasteiger partial charge < -0.3 is 0 Å². The quantitative estimate of drug-likeness (QED) is 0.434. The number of hydrazone groups is 1. The lowest BCUT2D eigenvalue weighted by Gasteiger charge is -2.08. The van der Waals surface area contributed by atoms with Gasteiger partial charge in [-0.3, -0.25) is 25.0 Å². The first kappa shape index (κ1) is 17.2. The fourth-order valence-corrected chi connectivity index (χ4v) is 2.65. The zero-order valence-electron chi connectivity index (χ0n) is 14.3. The SMILES string of the molecule is Cc1c(/C=N\Nc2cccc([N+](=O)[O-])c2)n(C)n(-c2ccccc2)c1=O. The number of nitro benzene ring substituents is 1. The fraction of sp³-hybridized carbons (Fsp3) is 0.111. The van der Waals surface area contributed by atoms with Gasteiger partial charge in [-0.2, -0.15) is 5.10 Å². The summed E-state index contributed by atoms with van der Waals surface area (Å²) in [4.78, 5) is 22.9. The van der Waals surface area contributed by atoms with Crippen LogP contribution < -0.4 is 11.0 Å². The fourth-order valence-electron chi connectivity index (χ4n) is 2.65. The molecule has 0 amide bonds. The van der Waals surface area contributed by atoms with Crippen LogP contribution in [0.25, 0.3) is 5.69 Å². The lowest BCUT2D eigenvalue weighted by Crippen LogP contribution is -2.20. The Kier molecular flexibility index (Phi) is 4.66. The molecule has 0 aliphatic rings. The van der Waals surface area contributed by atoms with Gasteiger partial charge in [0.2, 0.25) is 0 Å². The van der Waals surface area contributed by atoms with E-state index in [4.69, 9.17) is 0 Å². The van der Waals surface area contributed by atoms with Crippen molar-refractivity contribution in [2.75, 3.05) is 5.43 Å². The smallest absolute Gasteiger partial charge is 0.274 e. The number of aromatic nitrogens is 2. The maximum absolute atomic E-state index is 12.5. The molecule has 0 unspecified atom stereocenters. The van der Waals surface area contributed by atoms with Gasteiger partial charge in [0.25, 0.3) is 11.2 Å². The predicted molar refractivity (Wildman–Crippen MR) is 100 cm³/mol. The second-order valence-corrected chi connectivity index (χ2v) is 5.66. The van der Waals surface area contributed by atoms with Crippen molar-refractivity contribution in [2.24, 2.45) is 12.1 Å². The first-order valence-electron chi connectivity index (χ1n) is 7.86. The van der Waals surface area contributed by atoms with E-state index in [0.29, 0.717) is 16.9 Å². The highest BCUT2D eigenvalue weighted by molar-refractivity contribution is 5.80. The zero-order valence-corrected chi connectivity index (χ0v) is 14.3. The van der Waals surface area contributed by atoms with Crippen molar-refractivity contribution in [3.63, 3.8) is 0 Å². The van der Waals surface area contributed by atoms with Gasteiger partial charge in [0.1, 0.15) is 0 Å². The van der Waals surface area contributed by atoms with Crippen LogP contribution in [0.5, 0.6) is 0 Å². The number of nitro groups is 1. The Morgan fingerprint density at radius 2 is 1.88 bits per heavy atom. The van der Waals surface area contributed by atoms with Crippen molar-refractivity contribution >= 4 is 17.6 Å². The molecule has 0 atom stereocenters. The number of rotatable bonds is 5. The van der Waals surface area contributed by atoms with Crippen LogP contribution in [0.2, 0.25) is 0 Å². The summed E-state index contributed by atoms with van der Waals surface area (Å²) in [5.74, 6) is 0. The summed E-state index contributed by atoms with van der Waals surface area (Å²) < 4.78 is 3.27. The molecule has 3 aromatic rings. The molecule has 0 saturated carbocycles. The molecule has 2 aromatic carbocycles. The molecule has 3 rings (SSSR count). The van der Waals surface area contributed by atoms with E-state index in [9.17, 15) is 14.9 Å². The predicted octanol–water partition coefficient (Wildman–Crippen LogP) is 2.84. The number of nitrogens with zero attached hydrogens (tertiary/aromatic N) is 4. The minimum atomic E-state index is -0.470. The molecule has 132 valence electrons. The molecule has 0 aliphatic heterocycles. The third kappa shape index (κ3) is 3.25. The summed E-state index contributed by atoms with van der Waals surface area (Å²) >= 11 is 0. The number of benzene rings is 2. The van der Waals surface area contributed by atoms with Gasteiger partial charge >= 0.3 is 0 Å². The number of hydrogen-bond donors (Lipinski definition) is 1. The Morgan fingerprint density at radius 3 is 2.58 bits per heavy atom. The molecule has 8 nitrogen and oxygen atoms in total. The van der Waals surface area contributed by atoms with Crippen LogP contribution in [-0.2, 0) is 7.05 Å². The number of non-ortho nitro benzene ring substituents is 1. The highest BCUT2D eigenvalue weighted by atomic mass is 16.6. The molecule has 0 saturated heterocycles. The van der Waals surface area contributed by atoms with E-state index in [0.717, 1.165) is 5.69 Å². The molecule has 1 heterocycles. The van der Waals surface area contributed by atoms with Crippen LogP contribution in [0.4, 0.5) is 11.4 Å². The van der Waals surface area contributed by atoms with Gasteiger partial charge in [0.05, 0.1) is 28.2 Å². The Balaban J connectivity index is 1.89. The molecule has 0 aliphatic carbocycles. The minimum absolute atomic E-state index is 0.0241. The molecule has 0 radical (unpaired) electrons. The van der Waals surface area contributed by atoms with Crippen LogP contribution in [0.1, 0.15) is 11.3 Å². The second kappa shape index (κ2) is 7.06. The summed E-state index contributed by atoms with van der Waals surface area (Å²) in [6.45, 7) is 1.73. The summed E-state index contributed by atoms with van der Waals surface area (Å²) in [6, 6.07) is 15.3. The number of nitrogens with one attached hydrogen (secondary N) is 1. The van der Waals surface area contributed by atoms with Gasteiger partial charge in [-0.05, 0) is 25.1 Å². The largest absolute Gasteiger partial charge is 0.279 e. The third-order valence-corrected chi connectivity index (χ3v) is 3.98. The van der Waals surface area contributed by atoms with Crippen molar-refractivity contribution in [1.82, 2.24) is 9.36 Å². The van der Waals surface area contributed by atoms with E-state index in [-0.39, 0.29) is 11.2 Å². The van der Waals surface area contributed by atoms with Crippen molar-refractivity contribution in [3.8, 4) is 5.69 Å². The van der Waals surface area contributed by atoms with Gasteiger partial charge in [-0.1, -0.05) is 24.3 Å². The van der Waals surface area contributed by atoms with Crippen LogP contribution in [0.3, 0.4) is 0 Å². The Morgan fingerprint density at radius 1 is 1.15 bits per heavy atom. The van der Waals surface area contributed by atoms with Crippen molar-refractivity contribution in [1.29, 1.82) is 0 Å². The summed E-state index contributed by atoms with van der Waals surface area (Å²) in [5, 5.41) is 14.9. The standard InChI is InChI=1S/C18H17N5O3/c1-13-17(12-19-20-14-7-6-10-16(11-14)23(25)26)21(2)22(18(13)24)15-8-4-3-5-9-15/h3-12,20H,1-2H3/b19-12-. The van der Waals surface area contributed by atoms with E-state index in [2.05, 4.69) is 10.5 Å². The van der Waals surface area contributed by atoms with Crippen LogP contribution >= 0.6 is 0 Å². The van der Waals surface area contributed by atoms with Crippen molar-refractivity contribution in [3.05, 3.63) is 86.3 Å². The highest BCUT2D eigenvalue weighted by Crippen LogP contribution is 2.17. The first-order chi connectivity index (χ1) is 12.5. The molecule has 0 spiro atoms. The topological polar surface area (TPSA) is 94.5 Å². The van der Waals surface area contributed by atoms with Crippen molar-refractivity contribution < 1.29 is 4.92 Å². The van der Waals surface area contributed by atoms with Crippen LogP contribution in [-0.4, -0.2) is 20.5 Å². The van der Waals surface area contributed by atoms with Gasteiger partial charge in [-0.25, -0.2) is 4.68 Å². The molecular formula is C18H17N5O3. The molecule has 0 bridgehead atoms. The molecule has 26 heavy (non-hydrogen) atoms. The van der Waals surface area contributed by atoms with Crippen LogP contribution in [0, 0.1) is 17.0 Å². The van der Waals surface area contributed by atoms with Gasteiger partial charge in [-0.15, -0.1) is 0 Å². The average molecular weight is 351 g/mol. The summed E-state index contributed by atoms with van der Waals surface area (Å²) in [5.41, 5.74) is 5.04. The number of para-hydroxylation sites is 1. The van der Waals surface area contributed by atoms with E-state index >= 15 is 0 Å². The van der Waals surface area contributed by atoms with E-state index < -0.39 is 4.92 Å². The van der Waals surface area contributed by atoms with Crippen molar-refractivity contribution in [2.45, 2.75) is 6.92 Å². The Bertz CT molecular complexity index is 1030. The first-order valence-corrected chi connectivity index (χ1v) is 7.86. The number of hydrogen-bond acceptors (Lipinski definition) is 5. The van der Waals surface area contributed by atoms with Gasteiger partial charge in [0, 0.05) is 24.7 Å². The average Bonchev–Trinajstić information content (AvgIpc) is 2.86. The molecular weight excluding hydrogens is 334 g/mol. The maximum atomic E-state index is 12.5. The lowest BCUT2D eigenvalue weighted by molar-refractivity contribution is -0.384. The maximum Gasteiger partial charge on any atom is 0.274 e. The summed E-state index contributed by atoms with van der Waals surface area (Å²) in [6.07, 6.45) is 1.52. The van der Waals surface area contributed by atoms with E-state index in [1.165, 1.54) is 18.3 Å². The highest BCUT2D eigenvalue weighted by Gasteiger charge is 2.14. The zero-order chi connectivity index (χ0) is 18.7. The second-order valence-electron chi connectivity index (χ2n) is 5.66.